The lowest BCUT2D eigenvalue weighted by atomic mass is 9.68. The van der Waals surface area contributed by atoms with Crippen molar-refractivity contribution in [3.8, 4) is 0 Å². The maximum atomic E-state index is 14.0. The van der Waals surface area contributed by atoms with Crippen LogP contribution >= 0.6 is 0 Å². The summed E-state index contributed by atoms with van der Waals surface area (Å²) in [6.45, 7) is 3.86. The van der Waals surface area contributed by atoms with Crippen molar-refractivity contribution in [2.75, 3.05) is 0 Å². The van der Waals surface area contributed by atoms with Gasteiger partial charge in [-0.1, -0.05) is 12.1 Å². The highest BCUT2D eigenvalue weighted by molar-refractivity contribution is 5.23. The quantitative estimate of drug-likeness (QED) is 0.547. The van der Waals surface area contributed by atoms with E-state index in [1.54, 1.807) is 6.07 Å². The average molecular weight is 318 g/mol. The molecule has 2 fully saturated rings. The van der Waals surface area contributed by atoms with E-state index in [4.69, 9.17) is 0 Å². The highest BCUT2D eigenvalue weighted by atomic mass is 19.1. The first-order chi connectivity index (χ1) is 11.2. The fraction of sp³-hybridized carbons (Fsp3) is 0.619. The van der Waals surface area contributed by atoms with E-state index >= 15 is 0 Å². The van der Waals surface area contributed by atoms with Crippen molar-refractivity contribution in [2.45, 2.75) is 63.7 Å². The van der Waals surface area contributed by atoms with Crippen molar-refractivity contribution in [3.05, 3.63) is 48.1 Å². The molecule has 0 amide bonds. The molecule has 0 radical (unpaired) electrons. The van der Waals surface area contributed by atoms with Crippen LogP contribution in [0.1, 0.15) is 69.3 Å². The summed E-state index contributed by atoms with van der Waals surface area (Å²) >= 11 is 0. The predicted molar refractivity (Wildman–Crippen MR) is 91.3 cm³/mol. The van der Waals surface area contributed by atoms with Crippen molar-refractivity contribution < 1.29 is 8.78 Å². The van der Waals surface area contributed by atoms with Crippen LogP contribution in [0.2, 0.25) is 0 Å². The lowest BCUT2D eigenvalue weighted by molar-refractivity contribution is 0.160. The normalized spacial score (nSPS) is 31.7. The number of rotatable bonds is 4. The van der Waals surface area contributed by atoms with Gasteiger partial charge in [-0.15, -0.1) is 6.58 Å². The van der Waals surface area contributed by atoms with Crippen LogP contribution in [0.15, 0.2) is 30.9 Å². The minimum absolute atomic E-state index is 0.281. The second-order valence-electron chi connectivity index (χ2n) is 7.58. The number of hydrogen-bond acceptors (Lipinski definition) is 0. The van der Waals surface area contributed by atoms with E-state index in [0.29, 0.717) is 0 Å². The number of halogens is 2. The maximum Gasteiger partial charge on any atom is 0.129 e. The molecule has 0 heterocycles. The zero-order valence-electron chi connectivity index (χ0n) is 13.9. The van der Waals surface area contributed by atoms with Crippen LogP contribution in [0.5, 0.6) is 0 Å². The summed E-state index contributed by atoms with van der Waals surface area (Å²) in [5.41, 5.74) is 0.722. The molecule has 2 aliphatic carbocycles. The van der Waals surface area contributed by atoms with Gasteiger partial charge in [0.2, 0.25) is 0 Å². The Kier molecular flexibility index (Phi) is 5.50. The molecule has 0 nitrogen and oxygen atoms in total. The van der Waals surface area contributed by atoms with E-state index in [-0.39, 0.29) is 11.7 Å². The number of allylic oxidation sites excluding steroid dienone is 1. The molecule has 0 saturated heterocycles. The van der Waals surface area contributed by atoms with Crippen LogP contribution in [0.4, 0.5) is 8.78 Å². The van der Waals surface area contributed by atoms with E-state index in [9.17, 15) is 8.78 Å². The molecular weight excluding hydrogens is 290 g/mol. The Labute approximate surface area is 139 Å². The SMILES string of the molecule is C=CC[C@H]1CC[C@H]([C@H]2CC[C@H](c3ccc(F)cc3F)CC2)CC1. The smallest absolute Gasteiger partial charge is 0.129 e. The average Bonchev–Trinajstić information content (AvgIpc) is 2.56. The second-order valence-corrected chi connectivity index (χ2v) is 7.58. The van der Waals surface area contributed by atoms with Gasteiger partial charge in [0.15, 0.2) is 0 Å². The van der Waals surface area contributed by atoms with Crippen LogP contribution in [-0.4, -0.2) is 0 Å². The molecule has 0 atom stereocenters. The molecule has 3 rings (SSSR count). The Hall–Kier alpha value is -1.18. The second kappa shape index (κ2) is 7.59. The topological polar surface area (TPSA) is 0 Å². The summed E-state index contributed by atoms with van der Waals surface area (Å²) in [5, 5.41) is 0. The molecule has 2 saturated carbocycles. The molecule has 2 heteroatoms. The first kappa shape index (κ1) is 16.7. The van der Waals surface area contributed by atoms with E-state index in [2.05, 4.69) is 12.7 Å². The first-order valence-electron chi connectivity index (χ1n) is 9.23. The Morgan fingerprint density at radius 1 is 0.913 bits per heavy atom. The van der Waals surface area contributed by atoms with E-state index in [0.717, 1.165) is 42.2 Å². The van der Waals surface area contributed by atoms with Crippen LogP contribution < -0.4 is 0 Å². The van der Waals surface area contributed by atoms with Gasteiger partial charge in [-0.2, -0.15) is 0 Å². The van der Waals surface area contributed by atoms with Gasteiger partial charge in [0, 0.05) is 6.07 Å². The zero-order chi connectivity index (χ0) is 16.2. The minimum Gasteiger partial charge on any atom is -0.207 e. The molecule has 0 spiro atoms. The van der Waals surface area contributed by atoms with Gasteiger partial charge >= 0.3 is 0 Å². The monoisotopic (exact) mass is 318 g/mol. The largest absolute Gasteiger partial charge is 0.207 e. The van der Waals surface area contributed by atoms with Crippen molar-refractivity contribution in [3.63, 3.8) is 0 Å². The van der Waals surface area contributed by atoms with E-state index in [1.807, 2.05) is 0 Å². The molecule has 0 aliphatic heterocycles. The molecule has 0 aromatic heterocycles. The molecular formula is C21H28F2. The van der Waals surface area contributed by atoms with Crippen LogP contribution in [0.25, 0.3) is 0 Å². The molecule has 0 bridgehead atoms. The molecule has 1 aromatic rings. The molecule has 0 N–H and O–H groups in total. The van der Waals surface area contributed by atoms with Crippen molar-refractivity contribution >= 4 is 0 Å². The van der Waals surface area contributed by atoms with Crippen LogP contribution in [0.3, 0.4) is 0 Å². The fourth-order valence-electron chi connectivity index (χ4n) is 4.87. The van der Waals surface area contributed by atoms with Gasteiger partial charge in [-0.3, -0.25) is 0 Å². The van der Waals surface area contributed by atoms with Gasteiger partial charge in [-0.05, 0) is 93.1 Å². The molecule has 126 valence electrons. The third kappa shape index (κ3) is 4.02. The van der Waals surface area contributed by atoms with Gasteiger partial charge in [0.05, 0.1) is 0 Å². The van der Waals surface area contributed by atoms with Crippen molar-refractivity contribution in [1.29, 1.82) is 0 Å². The van der Waals surface area contributed by atoms with Crippen LogP contribution in [0, 0.1) is 29.4 Å². The van der Waals surface area contributed by atoms with Crippen LogP contribution in [-0.2, 0) is 0 Å². The third-order valence-electron chi connectivity index (χ3n) is 6.23. The maximum absolute atomic E-state index is 14.0. The van der Waals surface area contributed by atoms with Crippen molar-refractivity contribution in [1.82, 2.24) is 0 Å². The van der Waals surface area contributed by atoms with Gasteiger partial charge < -0.3 is 0 Å². The highest BCUT2D eigenvalue weighted by Crippen LogP contribution is 2.44. The Morgan fingerprint density at radius 2 is 1.52 bits per heavy atom. The van der Waals surface area contributed by atoms with Gasteiger partial charge in [0.25, 0.3) is 0 Å². The Morgan fingerprint density at radius 3 is 2.09 bits per heavy atom. The predicted octanol–water partition coefficient (Wildman–Crippen LogP) is 6.62. The summed E-state index contributed by atoms with van der Waals surface area (Å²) in [5.74, 6) is 1.99. The summed E-state index contributed by atoms with van der Waals surface area (Å²) in [4.78, 5) is 0. The molecule has 23 heavy (non-hydrogen) atoms. The Balaban J connectivity index is 1.52. The summed E-state index contributed by atoms with van der Waals surface area (Å²) < 4.78 is 27.0. The third-order valence-corrected chi connectivity index (χ3v) is 6.23. The minimum atomic E-state index is -0.476. The lowest BCUT2D eigenvalue weighted by Gasteiger charge is -2.38. The summed E-state index contributed by atoms with van der Waals surface area (Å²) in [7, 11) is 0. The molecule has 1 aromatic carbocycles. The first-order valence-corrected chi connectivity index (χ1v) is 9.23. The van der Waals surface area contributed by atoms with Gasteiger partial charge in [0.1, 0.15) is 11.6 Å². The van der Waals surface area contributed by atoms with E-state index < -0.39 is 5.82 Å². The number of hydrogen-bond donors (Lipinski definition) is 0. The lowest BCUT2D eigenvalue weighted by Crippen LogP contribution is -2.25. The standard InChI is InChI=1S/C21H28F2/c1-2-3-15-4-6-16(7-5-15)17-8-10-18(11-9-17)20-13-12-19(22)14-21(20)23/h2,12-18H,1,3-11H2/t15-,16-,17-,18-. The Bertz CT molecular complexity index is 521. The highest BCUT2D eigenvalue weighted by Gasteiger charge is 2.31. The van der Waals surface area contributed by atoms with E-state index in [1.165, 1.54) is 51.0 Å². The zero-order valence-corrected chi connectivity index (χ0v) is 13.9. The summed E-state index contributed by atoms with van der Waals surface area (Å²) in [6.07, 6.45) is 13.2. The molecule has 2 aliphatic rings. The number of benzene rings is 1. The van der Waals surface area contributed by atoms with Crippen molar-refractivity contribution in [2.24, 2.45) is 17.8 Å². The van der Waals surface area contributed by atoms with Gasteiger partial charge in [-0.25, -0.2) is 8.78 Å². The molecule has 0 unspecified atom stereocenters. The summed E-state index contributed by atoms with van der Waals surface area (Å²) in [6, 6.07) is 4.07. The fourth-order valence-corrected chi connectivity index (χ4v) is 4.87.